The second-order valence-electron chi connectivity index (χ2n) is 4.03. The van der Waals surface area contributed by atoms with Gasteiger partial charge in [0.25, 0.3) is 0 Å². The summed E-state index contributed by atoms with van der Waals surface area (Å²) >= 11 is 0. The van der Waals surface area contributed by atoms with Gasteiger partial charge in [-0.2, -0.15) is 5.10 Å². The third kappa shape index (κ3) is 2.46. The number of anilines is 1. The Morgan fingerprint density at radius 2 is 2.17 bits per heavy atom. The molecule has 4 N–H and O–H groups in total. The van der Waals surface area contributed by atoms with Crippen LogP contribution in [0.25, 0.3) is 0 Å². The maximum atomic E-state index is 10.3. The molecule has 0 saturated carbocycles. The van der Waals surface area contributed by atoms with Crippen molar-refractivity contribution in [1.82, 2.24) is 10.2 Å². The first-order valence-corrected chi connectivity index (χ1v) is 5.92. The lowest BCUT2D eigenvalue weighted by Gasteiger charge is -2.15. The number of ether oxygens (including phenoxy) is 1. The van der Waals surface area contributed by atoms with Crippen molar-refractivity contribution < 1.29 is 9.84 Å². The third-order valence-corrected chi connectivity index (χ3v) is 2.67. The highest BCUT2D eigenvalue weighted by atomic mass is 16.5. The van der Waals surface area contributed by atoms with Gasteiger partial charge >= 0.3 is 0 Å². The molecule has 2 rings (SSSR count). The standard InChI is InChI=1S/C13H17N3O2/c1-2-7-18-11-6-4-3-5-9(11)12(17)10-8-15-16-13(10)14/h3-6,8,12,17H,2,7H2,1H3,(H3,14,15,16). The molecule has 0 amide bonds. The summed E-state index contributed by atoms with van der Waals surface area (Å²) in [5.74, 6) is 1.04. The van der Waals surface area contributed by atoms with E-state index in [1.165, 1.54) is 6.20 Å². The zero-order chi connectivity index (χ0) is 13.0. The Bertz CT molecular complexity index is 510. The van der Waals surface area contributed by atoms with Crippen LogP contribution < -0.4 is 10.5 Å². The number of aromatic amines is 1. The smallest absolute Gasteiger partial charge is 0.125 e. The van der Waals surface area contributed by atoms with Gasteiger partial charge in [-0.1, -0.05) is 25.1 Å². The maximum Gasteiger partial charge on any atom is 0.125 e. The average molecular weight is 247 g/mol. The van der Waals surface area contributed by atoms with Gasteiger partial charge in [0.15, 0.2) is 0 Å². The van der Waals surface area contributed by atoms with Gasteiger partial charge in [0, 0.05) is 11.1 Å². The van der Waals surface area contributed by atoms with E-state index in [0.717, 1.165) is 6.42 Å². The molecule has 1 unspecified atom stereocenters. The largest absolute Gasteiger partial charge is 0.493 e. The molecule has 1 heterocycles. The van der Waals surface area contributed by atoms with Crippen molar-refractivity contribution in [3.8, 4) is 5.75 Å². The van der Waals surface area contributed by atoms with Crippen molar-refractivity contribution in [2.45, 2.75) is 19.4 Å². The molecular weight excluding hydrogens is 230 g/mol. The van der Waals surface area contributed by atoms with Crippen LogP contribution in [0.3, 0.4) is 0 Å². The molecule has 1 aromatic heterocycles. The summed E-state index contributed by atoms with van der Waals surface area (Å²) in [5, 5.41) is 16.7. The minimum Gasteiger partial charge on any atom is -0.493 e. The summed E-state index contributed by atoms with van der Waals surface area (Å²) in [6, 6.07) is 7.39. The van der Waals surface area contributed by atoms with Crippen molar-refractivity contribution >= 4 is 5.82 Å². The van der Waals surface area contributed by atoms with Gasteiger partial charge < -0.3 is 15.6 Å². The van der Waals surface area contributed by atoms with Gasteiger partial charge in [-0.05, 0) is 12.5 Å². The molecule has 5 heteroatoms. The number of aromatic nitrogens is 2. The molecule has 1 aromatic carbocycles. The fraction of sp³-hybridized carbons (Fsp3) is 0.308. The zero-order valence-corrected chi connectivity index (χ0v) is 10.3. The molecule has 1 atom stereocenters. The number of nitrogens with zero attached hydrogens (tertiary/aromatic N) is 1. The molecular formula is C13H17N3O2. The lowest BCUT2D eigenvalue weighted by Crippen LogP contribution is -2.06. The molecule has 0 aliphatic heterocycles. The third-order valence-electron chi connectivity index (χ3n) is 2.67. The van der Waals surface area contributed by atoms with Crippen LogP contribution in [0.1, 0.15) is 30.6 Å². The normalized spacial score (nSPS) is 12.3. The first-order chi connectivity index (χ1) is 8.74. The van der Waals surface area contributed by atoms with E-state index in [1.807, 2.05) is 31.2 Å². The number of hydrogen-bond donors (Lipinski definition) is 3. The Morgan fingerprint density at radius 3 is 2.83 bits per heavy atom. The van der Waals surface area contributed by atoms with E-state index >= 15 is 0 Å². The second kappa shape index (κ2) is 5.55. The summed E-state index contributed by atoms with van der Waals surface area (Å²) in [7, 11) is 0. The van der Waals surface area contributed by atoms with Gasteiger partial charge in [-0.15, -0.1) is 0 Å². The zero-order valence-electron chi connectivity index (χ0n) is 10.3. The van der Waals surface area contributed by atoms with E-state index in [2.05, 4.69) is 10.2 Å². The van der Waals surface area contributed by atoms with Crippen LogP contribution >= 0.6 is 0 Å². The molecule has 0 radical (unpaired) electrons. The van der Waals surface area contributed by atoms with E-state index in [1.54, 1.807) is 0 Å². The molecule has 5 nitrogen and oxygen atoms in total. The second-order valence-corrected chi connectivity index (χ2v) is 4.03. The van der Waals surface area contributed by atoms with Gasteiger partial charge in [0.2, 0.25) is 0 Å². The Labute approximate surface area is 106 Å². The quantitative estimate of drug-likeness (QED) is 0.753. The summed E-state index contributed by atoms with van der Waals surface area (Å²) in [6.45, 7) is 2.65. The molecule has 0 fully saturated rings. The number of hydrogen-bond acceptors (Lipinski definition) is 4. The molecule has 2 aromatic rings. The van der Waals surface area contributed by atoms with Crippen LogP contribution in [0, 0.1) is 0 Å². The molecule has 0 aliphatic carbocycles. The molecule has 0 aliphatic rings. The molecule has 0 spiro atoms. The number of benzene rings is 1. The highest BCUT2D eigenvalue weighted by Crippen LogP contribution is 2.31. The van der Waals surface area contributed by atoms with Crippen LogP contribution in [0.4, 0.5) is 5.82 Å². The molecule has 0 saturated heterocycles. The molecule has 0 bridgehead atoms. The van der Waals surface area contributed by atoms with E-state index in [-0.39, 0.29) is 0 Å². The SMILES string of the molecule is CCCOc1ccccc1C(O)c1cn[nH]c1N. The van der Waals surface area contributed by atoms with Crippen LogP contribution in [-0.2, 0) is 0 Å². The fourth-order valence-corrected chi connectivity index (χ4v) is 1.74. The number of nitrogens with two attached hydrogens (primary N) is 1. The maximum absolute atomic E-state index is 10.3. The van der Waals surface area contributed by atoms with Crippen molar-refractivity contribution in [3.63, 3.8) is 0 Å². The van der Waals surface area contributed by atoms with E-state index in [4.69, 9.17) is 10.5 Å². The fourth-order valence-electron chi connectivity index (χ4n) is 1.74. The highest BCUT2D eigenvalue weighted by molar-refractivity contribution is 5.47. The summed E-state index contributed by atoms with van der Waals surface area (Å²) < 4.78 is 5.61. The number of aliphatic hydroxyl groups excluding tert-OH is 1. The minimum absolute atomic E-state index is 0.368. The Morgan fingerprint density at radius 1 is 1.39 bits per heavy atom. The van der Waals surface area contributed by atoms with E-state index < -0.39 is 6.10 Å². The highest BCUT2D eigenvalue weighted by Gasteiger charge is 2.18. The number of H-pyrrole nitrogens is 1. The predicted octanol–water partition coefficient (Wildman–Crippen LogP) is 1.86. The number of nitrogens with one attached hydrogen (secondary N) is 1. The van der Waals surface area contributed by atoms with Crippen molar-refractivity contribution in [2.24, 2.45) is 0 Å². The lowest BCUT2D eigenvalue weighted by atomic mass is 10.0. The van der Waals surface area contributed by atoms with Crippen LogP contribution in [0.2, 0.25) is 0 Å². The van der Waals surface area contributed by atoms with Gasteiger partial charge in [0.1, 0.15) is 17.7 Å². The number of nitrogen functional groups attached to an aromatic ring is 1. The Hall–Kier alpha value is -2.01. The van der Waals surface area contributed by atoms with Crippen molar-refractivity contribution in [2.75, 3.05) is 12.3 Å². The van der Waals surface area contributed by atoms with Crippen LogP contribution in [0.5, 0.6) is 5.75 Å². The number of para-hydroxylation sites is 1. The van der Waals surface area contributed by atoms with Crippen LogP contribution in [-0.4, -0.2) is 21.9 Å². The van der Waals surface area contributed by atoms with E-state index in [9.17, 15) is 5.11 Å². The van der Waals surface area contributed by atoms with Gasteiger partial charge in [-0.25, -0.2) is 0 Å². The summed E-state index contributed by atoms with van der Waals surface area (Å²) in [4.78, 5) is 0. The molecule has 96 valence electrons. The first kappa shape index (κ1) is 12.4. The number of aliphatic hydroxyl groups is 1. The Kier molecular flexibility index (Phi) is 3.84. The van der Waals surface area contributed by atoms with Crippen LogP contribution in [0.15, 0.2) is 30.5 Å². The summed E-state index contributed by atoms with van der Waals surface area (Å²) in [5.41, 5.74) is 6.96. The number of rotatable bonds is 5. The van der Waals surface area contributed by atoms with Gasteiger partial charge in [0.05, 0.1) is 12.8 Å². The lowest BCUT2D eigenvalue weighted by molar-refractivity contribution is 0.211. The summed E-state index contributed by atoms with van der Waals surface area (Å²) in [6.07, 6.45) is 1.60. The molecule has 18 heavy (non-hydrogen) atoms. The predicted molar refractivity (Wildman–Crippen MR) is 69.3 cm³/mol. The van der Waals surface area contributed by atoms with Crippen molar-refractivity contribution in [3.05, 3.63) is 41.6 Å². The topological polar surface area (TPSA) is 84.2 Å². The first-order valence-electron chi connectivity index (χ1n) is 5.92. The van der Waals surface area contributed by atoms with Crippen molar-refractivity contribution in [1.29, 1.82) is 0 Å². The van der Waals surface area contributed by atoms with Gasteiger partial charge in [-0.3, -0.25) is 5.10 Å². The van der Waals surface area contributed by atoms with E-state index in [0.29, 0.717) is 29.3 Å². The minimum atomic E-state index is -0.836. The average Bonchev–Trinajstić information content (AvgIpc) is 2.82. The Balaban J connectivity index is 2.30. The monoisotopic (exact) mass is 247 g/mol.